The van der Waals surface area contributed by atoms with Gasteiger partial charge in [0.2, 0.25) is 0 Å². The number of amides is 1. The highest BCUT2D eigenvalue weighted by Crippen LogP contribution is 2.11. The molecule has 8 nitrogen and oxygen atoms in total. The number of benzene rings is 2. The number of nitrogens with one attached hydrogen (secondary N) is 5. The fraction of sp³-hybridized carbons (Fsp3) is 0.462. The van der Waals surface area contributed by atoms with E-state index in [1.807, 2.05) is 36.4 Å². The maximum absolute atomic E-state index is 12.6. The average molecular weight is 464 g/mol. The van der Waals surface area contributed by atoms with Gasteiger partial charge in [0, 0.05) is 38.3 Å². The smallest absolute Gasteiger partial charge is 0.251 e. The van der Waals surface area contributed by atoms with Crippen LogP contribution in [0.1, 0.15) is 34.6 Å². The van der Waals surface area contributed by atoms with Gasteiger partial charge in [-0.05, 0) is 68.8 Å². The summed E-state index contributed by atoms with van der Waals surface area (Å²) in [4.78, 5) is 22.9. The van der Waals surface area contributed by atoms with Crippen molar-refractivity contribution in [2.24, 2.45) is 0 Å². The average Bonchev–Trinajstić information content (AvgIpc) is 3.28. The van der Waals surface area contributed by atoms with Crippen molar-refractivity contribution in [1.82, 2.24) is 36.1 Å². The van der Waals surface area contributed by atoms with E-state index < -0.39 is 0 Å². The molecule has 0 unspecified atom stereocenters. The molecule has 4 rings (SSSR count). The van der Waals surface area contributed by atoms with Gasteiger partial charge >= 0.3 is 0 Å². The summed E-state index contributed by atoms with van der Waals surface area (Å²) in [6.07, 6.45) is 2.28. The Bertz CT molecular complexity index is 970. The molecule has 0 atom stereocenters. The number of carbonyl (C=O) groups is 1. The van der Waals surface area contributed by atoms with Gasteiger partial charge in [-0.15, -0.1) is 0 Å². The van der Waals surface area contributed by atoms with E-state index in [2.05, 4.69) is 48.3 Å². The zero-order chi connectivity index (χ0) is 23.4. The second kappa shape index (κ2) is 13.2. The van der Waals surface area contributed by atoms with Gasteiger partial charge in [0.15, 0.2) is 0 Å². The van der Waals surface area contributed by atoms with E-state index >= 15 is 0 Å². The van der Waals surface area contributed by atoms with Gasteiger partial charge in [-0.2, -0.15) is 0 Å². The van der Waals surface area contributed by atoms with Crippen LogP contribution >= 0.6 is 0 Å². The molecule has 1 amide bonds. The number of nitrogens with zero attached hydrogens (tertiary/aromatic N) is 2. The monoisotopic (exact) mass is 463 g/mol. The van der Waals surface area contributed by atoms with Crippen LogP contribution in [0.3, 0.4) is 0 Å². The first-order valence-corrected chi connectivity index (χ1v) is 12.4. The number of H-pyrrole nitrogens is 1. The second-order valence-corrected chi connectivity index (χ2v) is 8.81. The number of aromatic amines is 1. The number of imidazole rings is 1. The van der Waals surface area contributed by atoms with Crippen LogP contribution in [0.5, 0.6) is 0 Å². The molecule has 8 heteroatoms. The Balaban J connectivity index is 1.27. The van der Waals surface area contributed by atoms with Crippen LogP contribution in [0.4, 0.5) is 0 Å². The van der Waals surface area contributed by atoms with Crippen molar-refractivity contribution in [1.29, 1.82) is 0 Å². The Morgan fingerprint density at radius 2 is 1.59 bits per heavy atom. The van der Waals surface area contributed by atoms with Crippen molar-refractivity contribution in [2.45, 2.75) is 25.9 Å². The van der Waals surface area contributed by atoms with Crippen molar-refractivity contribution in [3.63, 3.8) is 0 Å². The minimum absolute atomic E-state index is 0.0879. The van der Waals surface area contributed by atoms with E-state index in [1.165, 1.54) is 5.56 Å². The van der Waals surface area contributed by atoms with Crippen LogP contribution in [-0.4, -0.2) is 73.1 Å². The molecule has 0 aliphatic carbocycles. The summed E-state index contributed by atoms with van der Waals surface area (Å²) in [5.41, 5.74) is 3.78. The van der Waals surface area contributed by atoms with E-state index in [9.17, 15) is 4.79 Å². The SMILES string of the molecule is O=C(NCc1nc2ccccc2[nH]1)c1ccc(CN2CCCNCCNCCCNCC2)cc1. The lowest BCUT2D eigenvalue weighted by Crippen LogP contribution is -2.36. The number of fused-ring (bicyclic) bond motifs is 1. The number of aromatic nitrogens is 2. The number of carbonyl (C=O) groups excluding carboxylic acids is 1. The van der Waals surface area contributed by atoms with Gasteiger partial charge in [0.1, 0.15) is 5.82 Å². The Kier molecular flexibility index (Phi) is 9.45. The predicted molar refractivity (Wildman–Crippen MR) is 137 cm³/mol. The molecular weight excluding hydrogens is 426 g/mol. The highest BCUT2D eigenvalue weighted by Gasteiger charge is 2.10. The standard InChI is InChI=1S/C26H37N7O/c34-26(30-19-25-31-23-5-1-2-6-24(23)32-25)22-9-7-21(8-10-22)20-33-17-4-13-28-15-14-27-11-3-12-29-16-18-33/h1-2,5-10,27-29H,3-4,11-20H2,(H,30,34)(H,31,32). The first kappa shape index (κ1) is 24.3. The van der Waals surface area contributed by atoms with Gasteiger partial charge in [-0.3, -0.25) is 9.69 Å². The fourth-order valence-corrected chi connectivity index (χ4v) is 4.20. The molecule has 0 saturated carbocycles. The Labute approximate surface area is 201 Å². The van der Waals surface area contributed by atoms with Crippen molar-refractivity contribution in [3.05, 3.63) is 65.5 Å². The second-order valence-electron chi connectivity index (χ2n) is 8.81. The van der Waals surface area contributed by atoms with Crippen LogP contribution in [0.15, 0.2) is 48.5 Å². The first-order chi connectivity index (χ1) is 16.8. The van der Waals surface area contributed by atoms with Crippen molar-refractivity contribution >= 4 is 16.9 Å². The molecular formula is C26H37N7O. The largest absolute Gasteiger partial charge is 0.345 e. The topological polar surface area (TPSA) is 97.1 Å². The summed E-state index contributed by atoms with van der Waals surface area (Å²) in [6, 6.07) is 15.8. The molecule has 34 heavy (non-hydrogen) atoms. The maximum atomic E-state index is 12.6. The molecule has 1 fully saturated rings. The highest BCUT2D eigenvalue weighted by atomic mass is 16.1. The number of rotatable bonds is 5. The number of hydrogen-bond acceptors (Lipinski definition) is 6. The summed E-state index contributed by atoms with van der Waals surface area (Å²) < 4.78 is 0. The maximum Gasteiger partial charge on any atom is 0.251 e. The summed E-state index contributed by atoms with van der Waals surface area (Å²) in [5.74, 6) is 0.669. The number of hydrogen-bond donors (Lipinski definition) is 5. The Hall–Kier alpha value is -2.78. The quantitative estimate of drug-likeness (QED) is 0.396. The lowest BCUT2D eigenvalue weighted by molar-refractivity contribution is 0.0950. The van der Waals surface area contributed by atoms with Gasteiger partial charge in [0.25, 0.3) is 5.91 Å². The van der Waals surface area contributed by atoms with Gasteiger partial charge < -0.3 is 26.3 Å². The molecule has 2 aromatic carbocycles. The van der Waals surface area contributed by atoms with Crippen LogP contribution < -0.4 is 21.3 Å². The number of para-hydroxylation sites is 2. The molecule has 1 aromatic heterocycles. The summed E-state index contributed by atoms with van der Waals surface area (Å²) >= 11 is 0. The fourth-order valence-electron chi connectivity index (χ4n) is 4.20. The lowest BCUT2D eigenvalue weighted by Gasteiger charge is -2.23. The van der Waals surface area contributed by atoms with E-state index in [4.69, 9.17) is 0 Å². The van der Waals surface area contributed by atoms with Crippen molar-refractivity contribution in [3.8, 4) is 0 Å². The van der Waals surface area contributed by atoms with E-state index in [-0.39, 0.29) is 5.91 Å². The van der Waals surface area contributed by atoms with E-state index in [0.717, 1.165) is 88.6 Å². The molecule has 182 valence electrons. The van der Waals surface area contributed by atoms with E-state index in [0.29, 0.717) is 12.1 Å². The summed E-state index contributed by atoms with van der Waals surface area (Å²) in [6.45, 7) is 9.54. The molecule has 2 heterocycles. The molecule has 3 aromatic rings. The van der Waals surface area contributed by atoms with Crippen molar-refractivity contribution < 1.29 is 4.79 Å². The third-order valence-corrected chi connectivity index (χ3v) is 6.10. The molecule has 1 aliphatic heterocycles. The third-order valence-electron chi connectivity index (χ3n) is 6.10. The summed E-state index contributed by atoms with van der Waals surface area (Å²) in [7, 11) is 0. The normalized spacial score (nSPS) is 17.3. The van der Waals surface area contributed by atoms with Gasteiger partial charge in [0.05, 0.1) is 17.6 Å². The molecule has 0 spiro atoms. The van der Waals surface area contributed by atoms with Crippen LogP contribution in [0.2, 0.25) is 0 Å². The van der Waals surface area contributed by atoms with Crippen LogP contribution in [-0.2, 0) is 13.1 Å². The molecule has 0 bridgehead atoms. The zero-order valence-corrected chi connectivity index (χ0v) is 19.9. The minimum Gasteiger partial charge on any atom is -0.345 e. The molecule has 5 N–H and O–H groups in total. The molecule has 1 saturated heterocycles. The van der Waals surface area contributed by atoms with Crippen LogP contribution in [0, 0.1) is 0 Å². The lowest BCUT2D eigenvalue weighted by atomic mass is 10.1. The van der Waals surface area contributed by atoms with Gasteiger partial charge in [-0.25, -0.2) is 4.98 Å². The van der Waals surface area contributed by atoms with Gasteiger partial charge in [-0.1, -0.05) is 24.3 Å². The zero-order valence-electron chi connectivity index (χ0n) is 19.9. The summed E-state index contributed by atoms with van der Waals surface area (Å²) in [5, 5.41) is 13.5. The molecule has 1 aliphatic rings. The Morgan fingerprint density at radius 3 is 2.38 bits per heavy atom. The third kappa shape index (κ3) is 7.63. The Morgan fingerprint density at radius 1 is 0.853 bits per heavy atom. The first-order valence-electron chi connectivity index (χ1n) is 12.4. The van der Waals surface area contributed by atoms with Crippen molar-refractivity contribution in [2.75, 3.05) is 52.4 Å². The van der Waals surface area contributed by atoms with E-state index in [1.54, 1.807) is 0 Å². The molecule has 0 radical (unpaired) electrons. The highest BCUT2D eigenvalue weighted by molar-refractivity contribution is 5.94. The minimum atomic E-state index is -0.0879. The van der Waals surface area contributed by atoms with Crippen LogP contribution in [0.25, 0.3) is 11.0 Å². The predicted octanol–water partition coefficient (Wildman–Crippen LogP) is 1.86.